The molecule has 6 aromatic rings. The van der Waals surface area contributed by atoms with Crippen LogP contribution in [0.4, 0.5) is 4.39 Å². The second-order valence-electron chi connectivity index (χ2n) is 14.1. The fourth-order valence-corrected chi connectivity index (χ4v) is 6.97. The molecular formula is C43H36FN9O9. The summed E-state index contributed by atoms with van der Waals surface area (Å²) < 4.78 is 33.2. The van der Waals surface area contributed by atoms with Gasteiger partial charge in [0.05, 0.1) is 66.7 Å². The number of fused-ring (bicyclic) bond motifs is 3. The van der Waals surface area contributed by atoms with Crippen molar-refractivity contribution in [2.75, 3.05) is 39.6 Å². The maximum Gasteiger partial charge on any atom is 0.279 e. The first kappa shape index (κ1) is 41.1. The average molecular weight is 842 g/mol. The van der Waals surface area contributed by atoms with Gasteiger partial charge in [-0.1, -0.05) is 24.3 Å². The SMILES string of the molecule is O=C(COc1cccc2c1C(=O)N(C1CCC(=O)NC1=O)C2=O)NCCOCCOCC=NC(=O)c1ccc(-c2cnc3ncc(Cc4ccc5ncccc5c4)n3n2)cc1F. The van der Waals surface area contributed by atoms with Crippen LogP contribution >= 0.6 is 0 Å². The molecule has 6 amide bonds. The minimum atomic E-state index is -1.13. The normalized spacial score (nSPS) is 15.1. The van der Waals surface area contributed by atoms with Crippen LogP contribution in [-0.4, -0.2) is 117 Å². The summed E-state index contributed by atoms with van der Waals surface area (Å²) in [4.78, 5) is 92.8. The summed E-state index contributed by atoms with van der Waals surface area (Å²) in [6.45, 7) is 0.0763. The standard InChI is InChI=1S/C43H36FN9O9/c44-31-21-27(33-23-49-43-48-22-28(53(43)51-33)20-25-6-9-32-26(19-25)3-2-12-45-32)7-8-29(31)39(56)47-14-16-61-18-17-60-15-13-46-37(55)24-62-35-5-1-4-30-38(35)42(59)52(41(30)58)34-10-11-36(54)50-40(34)57/h1-9,12,14,19,21-23,34H,10-11,13,15-18,20,24H2,(H,46,55)(H,50,54,57). The van der Waals surface area contributed by atoms with E-state index in [2.05, 4.69) is 41.7 Å². The Bertz CT molecular complexity index is 2790. The Labute approximate surface area is 351 Å². The van der Waals surface area contributed by atoms with E-state index in [4.69, 9.17) is 14.2 Å². The average Bonchev–Trinajstić information content (AvgIpc) is 3.79. The number of hydrogen-bond acceptors (Lipinski definition) is 13. The summed E-state index contributed by atoms with van der Waals surface area (Å²) in [5, 5.41) is 10.4. The lowest BCUT2D eigenvalue weighted by atomic mass is 10.0. The molecule has 2 aliphatic rings. The second-order valence-corrected chi connectivity index (χ2v) is 14.1. The number of nitrogens with zero attached hydrogens (tertiary/aromatic N) is 7. The Morgan fingerprint density at radius 3 is 2.65 bits per heavy atom. The number of aliphatic imine (C=N–C) groups is 1. The lowest BCUT2D eigenvalue weighted by molar-refractivity contribution is -0.136. The molecule has 1 atom stereocenters. The van der Waals surface area contributed by atoms with Gasteiger partial charge in [-0.3, -0.25) is 44.0 Å². The molecule has 19 heteroatoms. The smallest absolute Gasteiger partial charge is 0.279 e. The van der Waals surface area contributed by atoms with Gasteiger partial charge in [0.1, 0.15) is 23.3 Å². The molecule has 2 aliphatic heterocycles. The monoisotopic (exact) mass is 841 g/mol. The summed E-state index contributed by atoms with van der Waals surface area (Å²) in [6, 6.07) is 17.2. The number of benzene rings is 3. The third-order valence-electron chi connectivity index (χ3n) is 9.98. The Kier molecular flexibility index (Phi) is 12.1. The Hall–Kier alpha value is -7.64. The van der Waals surface area contributed by atoms with Gasteiger partial charge in [0.25, 0.3) is 29.4 Å². The molecule has 0 radical (unpaired) electrons. The molecule has 0 aliphatic carbocycles. The number of carbonyl (C=O) groups is 6. The number of piperidine rings is 1. The largest absolute Gasteiger partial charge is 0.483 e. The number of carbonyl (C=O) groups excluding carboxylic acids is 6. The number of halogens is 1. The molecule has 1 saturated heterocycles. The minimum Gasteiger partial charge on any atom is -0.483 e. The molecule has 18 nitrogen and oxygen atoms in total. The predicted octanol–water partition coefficient (Wildman–Crippen LogP) is 2.91. The first-order valence-electron chi connectivity index (χ1n) is 19.4. The van der Waals surface area contributed by atoms with Crippen molar-refractivity contribution in [3.8, 4) is 17.0 Å². The van der Waals surface area contributed by atoms with Crippen molar-refractivity contribution in [2.45, 2.75) is 25.3 Å². The van der Waals surface area contributed by atoms with Gasteiger partial charge in [0.2, 0.25) is 11.8 Å². The van der Waals surface area contributed by atoms with Gasteiger partial charge in [-0.15, -0.1) is 0 Å². The Morgan fingerprint density at radius 2 is 1.79 bits per heavy atom. The van der Waals surface area contributed by atoms with Gasteiger partial charge in [0.15, 0.2) is 6.61 Å². The topological polar surface area (TPSA) is 226 Å². The van der Waals surface area contributed by atoms with Gasteiger partial charge in [0, 0.05) is 42.7 Å². The van der Waals surface area contributed by atoms with E-state index in [1.54, 1.807) is 23.0 Å². The van der Waals surface area contributed by atoms with Crippen LogP contribution in [0.25, 0.3) is 27.9 Å². The molecule has 2 N–H and O–H groups in total. The number of imide groups is 2. The number of ether oxygens (including phenoxy) is 3. The van der Waals surface area contributed by atoms with E-state index in [9.17, 15) is 28.8 Å². The molecule has 1 unspecified atom stereocenters. The molecule has 0 saturated carbocycles. The zero-order valence-corrected chi connectivity index (χ0v) is 32.8. The zero-order chi connectivity index (χ0) is 43.2. The van der Waals surface area contributed by atoms with Crippen molar-refractivity contribution >= 4 is 58.3 Å². The van der Waals surface area contributed by atoms with Gasteiger partial charge in [-0.25, -0.2) is 23.9 Å². The maximum atomic E-state index is 15.2. The molecule has 0 spiro atoms. The van der Waals surface area contributed by atoms with Crippen molar-refractivity contribution in [1.29, 1.82) is 0 Å². The Balaban J connectivity index is 0.735. The highest BCUT2D eigenvalue weighted by Crippen LogP contribution is 2.33. The van der Waals surface area contributed by atoms with Crippen molar-refractivity contribution in [1.82, 2.24) is 40.1 Å². The fraction of sp³-hybridized carbons (Fsp3) is 0.233. The third kappa shape index (κ3) is 8.93. The van der Waals surface area contributed by atoms with Crippen molar-refractivity contribution in [3.63, 3.8) is 0 Å². The molecule has 5 heterocycles. The van der Waals surface area contributed by atoms with E-state index >= 15 is 4.39 Å². The summed E-state index contributed by atoms with van der Waals surface area (Å²) in [5.41, 5.74) is 3.27. The van der Waals surface area contributed by atoms with Gasteiger partial charge in [-0.2, -0.15) is 5.10 Å². The van der Waals surface area contributed by atoms with Crippen molar-refractivity contribution in [3.05, 3.63) is 119 Å². The molecule has 0 bridgehead atoms. The number of amides is 6. The minimum absolute atomic E-state index is 0.00385. The second kappa shape index (κ2) is 18.3. The summed E-state index contributed by atoms with van der Waals surface area (Å²) in [6.07, 6.45) is 6.69. The maximum absolute atomic E-state index is 15.2. The summed E-state index contributed by atoms with van der Waals surface area (Å²) >= 11 is 0. The molecule has 3 aromatic carbocycles. The highest BCUT2D eigenvalue weighted by molar-refractivity contribution is 6.24. The van der Waals surface area contributed by atoms with Crippen LogP contribution in [0.2, 0.25) is 0 Å². The molecule has 62 heavy (non-hydrogen) atoms. The number of rotatable bonds is 16. The Morgan fingerprint density at radius 1 is 0.935 bits per heavy atom. The van der Waals surface area contributed by atoms with Crippen LogP contribution in [0, 0.1) is 5.82 Å². The lowest BCUT2D eigenvalue weighted by Crippen LogP contribution is -2.54. The van der Waals surface area contributed by atoms with Crippen LogP contribution in [-0.2, 0) is 30.3 Å². The van der Waals surface area contributed by atoms with E-state index in [1.807, 2.05) is 24.3 Å². The summed E-state index contributed by atoms with van der Waals surface area (Å²) in [5.74, 6) is -4.33. The van der Waals surface area contributed by atoms with Crippen LogP contribution in [0.3, 0.4) is 0 Å². The number of imidazole rings is 1. The van der Waals surface area contributed by atoms with E-state index in [0.29, 0.717) is 23.5 Å². The highest BCUT2D eigenvalue weighted by atomic mass is 19.1. The van der Waals surface area contributed by atoms with Crippen molar-refractivity contribution in [2.24, 2.45) is 4.99 Å². The number of aromatic nitrogens is 5. The first-order valence-corrected chi connectivity index (χ1v) is 19.4. The van der Waals surface area contributed by atoms with Gasteiger partial charge >= 0.3 is 0 Å². The molecule has 3 aromatic heterocycles. The van der Waals surface area contributed by atoms with Crippen LogP contribution in [0.1, 0.15) is 55.2 Å². The van der Waals surface area contributed by atoms with E-state index in [0.717, 1.165) is 27.1 Å². The molecular weight excluding hydrogens is 806 g/mol. The molecule has 8 rings (SSSR count). The predicted molar refractivity (Wildman–Crippen MR) is 217 cm³/mol. The van der Waals surface area contributed by atoms with Gasteiger partial charge < -0.3 is 19.5 Å². The molecule has 1 fully saturated rings. The highest BCUT2D eigenvalue weighted by Gasteiger charge is 2.46. The first-order chi connectivity index (χ1) is 30.1. The van der Waals surface area contributed by atoms with Crippen molar-refractivity contribution < 1.29 is 47.4 Å². The quantitative estimate of drug-likeness (QED) is 0.0814. The van der Waals surface area contributed by atoms with Gasteiger partial charge in [-0.05, 0) is 54.4 Å². The number of pyridine rings is 1. The van der Waals surface area contributed by atoms with E-state index in [1.165, 1.54) is 42.7 Å². The summed E-state index contributed by atoms with van der Waals surface area (Å²) in [7, 11) is 0. The number of hydrogen-bond donors (Lipinski definition) is 2. The van der Waals surface area contributed by atoms with E-state index < -0.39 is 53.9 Å². The van der Waals surface area contributed by atoms with Crippen LogP contribution in [0.5, 0.6) is 5.75 Å². The number of nitrogens with one attached hydrogen (secondary N) is 2. The third-order valence-corrected chi connectivity index (χ3v) is 9.98. The van der Waals surface area contributed by atoms with Crippen LogP contribution in [0.15, 0.2) is 90.3 Å². The molecule has 314 valence electrons. The fourth-order valence-electron chi connectivity index (χ4n) is 6.97. The van der Waals surface area contributed by atoms with E-state index in [-0.39, 0.29) is 68.3 Å². The van der Waals surface area contributed by atoms with Crippen LogP contribution < -0.4 is 15.4 Å². The zero-order valence-electron chi connectivity index (χ0n) is 32.8. The lowest BCUT2D eigenvalue weighted by Gasteiger charge is -2.27.